The second kappa shape index (κ2) is 10.0. The Hall–Kier alpha value is -1.38. The standard InChI is InChI=1S/C28H30S2Se/c1-2-3-4-5-6-7-8-9-10-24-11-12-25(30-24)28-19-23-16-21-15-20-13-14-29-26(20)17-22(21)18-27(23)31-28/h11-19H,2-10H2,1H3. The van der Waals surface area contributed by atoms with Crippen LogP contribution >= 0.6 is 22.7 Å². The van der Waals surface area contributed by atoms with E-state index in [1.807, 2.05) is 22.7 Å². The normalized spacial score (nSPS) is 11.9. The van der Waals surface area contributed by atoms with E-state index in [0.717, 1.165) is 0 Å². The predicted octanol–water partition coefficient (Wildman–Crippen LogP) is 9.68. The summed E-state index contributed by atoms with van der Waals surface area (Å²) in [5, 5.41) is 7.77. The van der Waals surface area contributed by atoms with E-state index in [-0.39, 0.29) is 0 Å². The van der Waals surface area contributed by atoms with Gasteiger partial charge in [-0.2, -0.15) is 0 Å². The Morgan fingerprint density at radius 3 is 2.35 bits per heavy atom. The summed E-state index contributed by atoms with van der Waals surface area (Å²) in [5.41, 5.74) is 0. The zero-order valence-electron chi connectivity index (χ0n) is 18.3. The van der Waals surface area contributed by atoms with Crippen molar-refractivity contribution in [1.29, 1.82) is 0 Å². The van der Waals surface area contributed by atoms with Gasteiger partial charge >= 0.3 is 187 Å². The molecule has 3 heterocycles. The fourth-order valence-electron chi connectivity index (χ4n) is 4.45. The van der Waals surface area contributed by atoms with E-state index in [1.54, 1.807) is 13.6 Å². The first-order chi connectivity index (χ1) is 15.3. The molecule has 0 saturated carbocycles. The fraction of sp³-hybridized carbons (Fsp3) is 0.357. The maximum absolute atomic E-state index is 2.46. The van der Waals surface area contributed by atoms with Gasteiger partial charge in [-0.1, -0.05) is 13.3 Å². The molecule has 0 N–H and O–H groups in total. The molecule has 0 unspecified atom stereocenters. The van der Waals surface area contributed by atoms with Crippen molar-refractivity contribution in [2.45, 2.75) is 64.7 Å². The Morgan fingerprint density at radius 2 is 1.48 bits per heavy atom. The van der Waals surface area contributed by atoms with Gasteiger partial charge in [0.15, 0.2) is 0 Å². The summed E-state index contributed by atoms with van der Waals surface area (Å²) in [5.74, 6) is 0. The number of rotatable bonds is 10. The number of hydrogen-bond donors (Lipinski definition) is 0. The molecule has 0 fully saturated rings. The monoisotopic (exact) mass is 510 g/mol. The van der Waals surface area contributed by atoms with E-state index in [1.165, 1.54) is 88.9 Å². The number of hydrogen-bond acceptors (Lipinski definition) is 2. The van der Waals surface area contributed by atoms with E-state index >= 15 is 0 Å². The second-order valence-electron chi connectivity index (χ2n) is 8.65. The van der Waals surface area contributed by atoms with E-state index < -0.39 is 0 Å². The number of unbranched alkanes of at least 4 members (excludes halogenated alkanes) is 7. The van der Waals surface area contributed by atoms with E-state index in [0.29, 0.717) is 14.5 Å². The molecular weight excluding hydrogens is 479 g/mol. The molecule has 2 aromatic carbocycles. The summed E-state index contributed by atoms with van der Waals surface area (Å²) in [6.45, 7) is 2.29. The molecule has 0 nitrogen and oxygen atoms in total. The van der Waals surface area contributed by atoms with Gasteiger partial charge in [-0.25, -0.2) is 0 Å². The molecule has 3 aromatic heterocycles. The van der Waals surface area contributed by atoms with Crippen LogP contribution in [-0.2, 0) is 6.42 Å². The summed E-state index contributed by atoms with van der Waals surface area (Å²) in [6, 6.07) is 19.0. The topological polar surface area (TPSA) is 0 Å². The van der Waals surface area contributed by atoms with Crippen LogP contribution in [-0.4, -0.2) is 14.5 Å². The molecule has 5 aromatic rings. The second-order valence-corrected chi connectivity index (χ2v) is 13.0. The third-order valence-corrected chi connectivity index (χ3v) is 11.0. The van der Waals surface area contributed by atoms with Gasteiger partial charge in [0.1, 0.15) is 0 Å². The minimum absolute atomic E-state index is 0.425. The van der Waals surface area contributed by atoms with Crippen LogP contribution < -0.4 is 0 Å². The molecule has 3 heteroatoms. The van der Waals surface area contributed by atoms with Gasteiger partial charge in [0.05, 0.1) is 0 Å². The number of benzene rings is 2. The molecule has 31 heavy (non-hydrogen) atoms. The number of aryl methyl sites for hydroxylation is 1. The van der Waals surface area contributed by atoms with Crippen LogP contribution in [0, 0.1) is 0 Å². The Labute approximate surface area is 199 Å². The average Bonchev–Trinajstić information content (AvgIpc) is 3.51. The zero-order valence-corrected chi connectivity index (χ0v) is 21.6. The summed E-state index contributed by atoms with van der Waals surface area (Å²) < 4.78 is 4.51. The molecule has 0 aliphatic rings. The van der Waals surface area contributed by atoms with Crippen LogP contribution in [0.25, 0.3) is 39.8 Å². The van der Waals surface area contributed by atoms with Gasteiger partial charge in [-0.05, 0) is 0 Å². The van der Waals surface area contributed by atoms with E-state index in [2.05, 4.69) is 60.8 Å². The van der Waals surface area contributed by atoms with Crippen molar-refractivity contribution in [3.8, 4) is 9.31 Å². The Balaban J connectivity index is 1.24. The third-order valence-electron chi connectivity index (χ3n) is 6.23. The predicted molar refractivity (Wildman–Crippen MR) is 143 cm³/mol. The van der Waals surface area contributed by atoms with Gasteiger partial charge in [0, 0.05) is 0 Å². The molecule has 0 aliphatic carbocycles. The molecule has 0 radical (unpaired) electrons. The SMILES string of the molecule is CCCCCCCCCCc1ccc(-c2cc3cc4cc5ccsc5cc4cc3[se]2)s1. The Bertz CT molecular complexity index is 1220. The quantitative estimate of drug-likeness (QED) is 0.130. The summed E-state index contributed by atoms with van der Waals surface area (Å²) in [6.07, 6.45) is 12.5. The molecule has 0 atom stereocenters. The molecule has 0 amide bonds. The molecule has 0 bridgehead atoms. The van der Waals surface area contributed by atoms with E-state index in [9.17, 15) is 0 Å². The first-order valence-electron chi connectivity index (χ1n) is 11.7. The van der Waals surface area contributed by atoms with E-state index in [4.69, 9.17) is 0 Å². The first-order valence-corrected chi connectivity index (χ1v) is 15.1. The van der Waals surface area contributed by atoms with Crippen LogP contribution in [0.15, 0.2) is 53.9 Å². The van der Waals surface area contributed by atoms with Gasteiger partial charge < -0.3 is 0 Å². The number of thiophene rings is 2. The van der Waals surface area contributed by atoms with Crippen molar-refractivity contribution in [3.63, 3.8) is 0 Å². The molecule has 160 valence electrons. The molecule has 0 aliphatic heterocycles. The third kappa shape index (κ3) is 5.01. The van der Waals surface area contributed by atoms with Crippen LogP contribution in [0.1, 0.15) is 63.2 Å². The van der Waals surface area contributed by atoms with Crippen molar-refractivity contribution in [2.24, 2.45) is 0 Å². The van der Waals surface area contributed by atoms with Crippen LogP contribution in [0.4, 0.5) is 0 Å². The van der Waals surface area contributed by atoms with Crippen LogP contribution in [0.5, 0.6) is 0 Å². The van der Waals surface area contributed by atoms with Gasteiger partial charge in [0.2, 0.25) is 0 Å². The average molecular weight is 510 g/mol. The van der Waals surface area contributed by atoms with Crippen molar-refractivity contribution < 1.29 is 0 Å². The van der Waals surface area contributed by atoms with Crippen molar-refractivity contribution >= 4 is 67.7 Å². The van der Waals surface area contributed by atoms with Gasteiger partial charge in [-0.3, -0.25) is 0 Å². The van der Waals surface area contributed by atoms with Crippen molar-refractivity contribution in [3.05, 3.63) is 58.8 Å². The molecular formula is C28H30S2Se. The number of fused-ring (bicyclic) bond motifs is 3. The zero-order chi connectivity index (χ0) is 21.0. The van der Waals surface area contributed by atoms with Crippen LogP contribution in [0.2, 0.25) is 0 Å². The summed E-state index contributed by atoms with van der Waals surface area (Å²) >= 11 is 4.30. The first kappa shape index (κ1) is 21.5. The Morgan fingerprint density at radius 1 is 0.710 bits per heavy atom. The van der Waals surface area contributed by atoms with Gasteiger partial charge in [-0.15, -0.1) is 0 Å². The molecule has 5 rings (SSSR count). The minimum atomic E-state index is 0.425. The molecule has 0 saturated heterocycles. The van der Waals surface area contributed by atoms with Crippen LogP contribution in [0.3, 0.4) is 0 Å². The Kier molecular flexibility index (Phi) is 6.96. The summed E-state index contributed by atoms with van der Waals surface area (Å²) in [4.78, 5) is 3.06. The van der Waals surface area contributed by atoms with Crippen molar-refractivity contribution in [2.75, 3.05) is 0 Å². The maximum atomic E-state index is 2.46. The van der Waals surface area contributed by atoms with Gasteiger partial charge in [0.25, 0.3) is 0 Å². The fourth-order valence-corrected chi connectivity index (χ4v) is 8.83. The molecule has 0 spiro atoms. The summed E-state index contributed by atoms with van der Waals surface area (Å²) in [7, 11) is 0. The van der Waals surface area contributed by atoms with Crippen molar-refractivity contribution in [1.82, 2.24) is 0 Å².